The minimum Gasteiger partial charge on any atom is -0.366 e. The van der Waals surface area contributed by atoms with Gasteiger partial charge >= 0.3 is 0 Å². The number of nitrogens with two attached hydrogens (primary N) is 3. The molecule has 0 aromatic heterocycles. The second-order valence-corrected chi connectivity index (χ2v) is 6.31. The van der Waals surface area contributed by atoms with Gasteiger partial charge in [0.25, 0.3) is 0 Å². The first kappa shape index (κ1) is 16.5. The van der Waals surface area contributed by atoms with E-state index in [0.29, 0.717) is 16.7 Å². The van der Waals surface area contributed by atoms with Crippen LogP contribution in [-0.4, -0.2) is 17.7 Å². The number of hydrogen-bond donors (Lipinski definition) is 3. The monoisotopic (exact) mass is 357 g/mol. The Hall–Kier alpha value is -3.93. The standard InChI is InChI=1S/C21H15N3O3/c22-19(25)10-5-6-14(20(23)26)16(9-10)13-7-8-15(21(24)27)18-12-4-2-1-3-11(12)17(13)18/h1-9H,(H2,22,25)(H2,23,26)(H2,24,27). The number of benzene rings is 3. The third-order valence-electron chi connectivity index (χ3n) is 4.80. The molecule has 6 N–H and O–H groups in total. The van der Waals surface area contributed by atoms with Gasteiger partial charge in [0.2, 0.25) is 17.7 Å². The second-order valence-electron chi connectivity index (χ2n) is 6.31. The van der Waals surface area contributed by atoms with Crippen molar-refractivity contribution in [1.29, 1.82) is 0 Å². The second kappa shape index (κ2) is 5.81. The molecule has 3 aromatic rings. The topological polar surface area (TPSA) is 129 Å². The number of carbonyl (C=O) groups is 3. The molecule has 3 amide bonds. The number of amides is 3. The zero-order chi connectivity index (χ0) is 19.3. The minimum absolute atomic E-state index is 0.260. The molecule has 1 aliphatic rings. The van der Waals surface area contributed by atoms with Crippen molar-refractivity contribution < 1.29 is 14.4 Å². The molecule has 0 saturated carbocycles. The third kappa shape index (κ3) is 2.38. The molecule has 0 fully saturated rings. The number of rotatable bonds is 4. The van der Waals surface area contributed by atoms with Crippen LogP contribution in [0.1, 0.15) is 31.1 Å². The molecule has 27 heavy (non-hydrogen) atoms. The highest BCUT2D eigenvalue weighted by atomic mass is 16.2. The molecule has 0 bridgehead atoms. The molecule has 1 aliphatic carbocycles. The van der Waals surface area contributed by atoms with Crippen LogP contribution in [0.15, 0.2) is 54.6 Å². The maximum atomic E-state index is 11.9. The van der Waals surface area contributed by atoms with Crippen LogP contribution in [0, 0.1) is 0 Å². The lowest BCUT2D eigenvalue weighted by atomic mass is 9.73. The quantitative estimate of drug-likeness (QED) is 0.518. The van der Waals surface area contributed by atoms with Crippen molar-refractivity contribution in [3.63, 3.8) is 0 Å². The fourth-order valence-corrected chi connectivity index (χ4v) is 3.58. The largest absolute Gasteiger partial charge is 0.366 e. The minimum atomic E-state index is -0.624. The first-order chi connectivity index (χ1) is 12.9. The summed E-state index contributed by atoms with van der Waals surface area (Å²) >= 11 is 0. The highest BCUT2D eigenvalue weighted by Crippen LogP contribution is 2.53. The Kier molecular flexibility index (Phi) is 3.56. The van der Waals surface area contributed by atoms with E-state index in [0.717, 1.165) is 22.3 Å². The summed E-state index contributed by atoms with van der Waals surface area (Å²) in [5, 5.41) is 0. The van der Waals surface area contributed by atoms with E-state index < -0.39 is 17.7 Å². The Bertz CT molecular complexity index is 1170. The van der Waals surface area contributed by atoms with E-state index in [9.17, 15) is 14.4 Å². The Morgan fingerprint density at radius 1 is 0.556 bits per heavy atom. The molecule has 6 nitrogen and oxygen atoms in total. The van der Waals surface area contributed by atoms with Crippen molar-refractivity contribution in [1.82, 2.24) is 0 Å². The summed E-state index contributed by atoms with van der Waals surface area (Å²) in [6.45, 7) is 0. The van der Waals surface area contributed by atoms with Gasteiger partial charge < -0.3 is 17.2 Å². The van der Waals surface area contributed by atoms with E-state index in [4.69, 9.17) is 17.2 Å². The lowest BCUT2D eigenvalue weighted by Gasteiger charge is -2.29. The molecular weight excluding hydrogens is 342 g/mol. The normalized spacial score (nSPS) is 11.1. The number of primary amides is 3. The molecule has 0 unspecified atom stereocenters. The van der Waals surface area contributed by atoms with E-state index in [1.165, 1.54) is 12.1 Å². The van der Waals surface area contributed by atoms with Crippen molar-refractivity contribution in [3.05, 3.63) is 71.3 Å². The number of hydrogen-bond acceptors (Lipinski definition) is 3. The highest BCUT2D eigenvalue weighted by Gasteiger charge is 2.31. The van der Waals surface area contributed by atoms with Gasteiger partial charge in [0.05, 0.1) is 0 Å². The molecule has 132 valence electrons. The molecule has 0 aliphatic heterocycles. The van der Waals surface area contributed by atoms with Crippen molar-refractivity contribution in [3.8, 4) is 33.4 Å². The summed E-state index contributed by atoms with van der Waals surface area (Å²) in [6.07, 6.45) is 0. The zero-order valence-corrected chi connectivity index (χ0v) is 14.2. The molecule has 3 aromatic carbocycles. The van der Waals surface area contributed by atoms with E-state index in [1.54, 1.807) is 18.2 Å². The van der Waals surface area contributed by atoms with Crippen molar-refractivity contribution in [2.75, 3.05) is 0 Å². The SMILES string of the molecule is NC(=O)c1ccc(C(N)=O)c(-c2ccc(C(N)=O)c3c2-c2ccccc2-3)c1. The summed E-state index contributed by atoms with van der Waals surface area (Å²) in [5.74, 6) is -1.77. The van der Waals surface area contributed by atoms with Gasteiger partial charge in [0, 0.05) is 22.3 Å². The van der Waals surface area contributed by atoms with E-state index in [1.807, 2.05) is 24.3 Å². The Balaban J connectivity index is 2.04. The van der Waals surface area contributed by atoms with Gasteiger partial charge in [0.1, 0.15) is 0 Å². The van der Waals surface area contributed by atoms with Crippen LogP contribution >= 0.6 is 0 Å². The van der Waals surface area contributed by atoms with Gasteiger partial charge in [-0.25, -0.2) is 0 Å². The first-order valence-electron chi connectivity index (χ1n) is 8.20. The van der Waals surface area contributed by atoms with Gasteiger partial charge in [0.15, 0.2) is 0 Å². The van der Waals surface area contributed by atoms with Crippen LogP contribution in [0.5, 0.6) is 0 Å². The molecule has 0 heterocycles. The van der Waals surface area contributed by atoms with Crippen molar-refractivity contribution >= 4 is 17.7 Å². The van der Waals surface area contributed by atoms with Crippen molar-refractivity contribution in [2.24, 2.45) is 17.2 Å². The number of carbonyl (C=O) groups excluding carboxylic acids is 3. The van der Waals surface area contributed by atoms with Crippen LogP contribution in [0.25, 0.3) is 33.4 Å². The molecule has 4 rings (SSSR count). The van der Waals surface area contributed by atoms with Crippen LogP contribution in [-0.2, 0) is 0 Å². The van der Waals surface area contributed by atoms with Gasteiger partial charge in [-0.1, -0.05) is 30.3 Å². The molecule has 0 spiro atoms. The fraction of sp³-hybridized carbons (Fsp3) is 0. The number of fused-ring (bicyclic) bond motifs is 4. The summed E-state index contributed by atoms with van der Waals surface area (Å²) < 4.78 is 0. The summed E-state index contributed by atoms with van der Waals surface area (Å²) in [5.41, 5.74) is 21.9. The van der Waals surface area contributed by atoms with E-state index >= 15 is 0 Å². The van der Waals surface area contributed by atoms with Crippen LogP contribution in [0.4, 0.5) is 0 Å². The van der Waals surface area contributed by atoms with Gasteiger partial charge in [-0.15, -0.1) is 0 Å². The molecule has 6 heteroatoms. The Labute approximate surface area is 154 Å². The van der Waals surface area contributed by atoms with Gasteiger partial charge in [-0.3, -0.25) is 14.4 Å². The predicted octanol–water partition coefficient (Wildman–Crippen LogP) is 2.30. The van der Waals surface area contributed by atoms with Crippen LogP contribution in [0.2, 0.25) is 0 Å². The maximum absolute atomic E-state index is 11.9. The first-order valence-corrected chi connectivity index (χ1v) is 8.20. The van der Waals surface area contributed by atoms with Crippen LogP contribution in [0.3, 0.4) is 0 Å². The summed E-state index contributed by atoms with van der Waals surface area (Å²) in [4.78, 5) is 35.4. The third-order valence-corrected chi connectivity index (χ3v) is 4.80. The average Bonchev–Trinajstić information content (AvgIpc) is 2.64. The van der Waals surface area contributed by atoms with Crippen LogP contribution < -0.4 is 17.2 Å². The van der Waals surface area contributed by atoms with E-state index in [-0.39, 0.29) is 11.1 Å². The molecule has 0 radical (unpaired) electrons. The smallest absolute Gasteiger partial charge is 0.249 e. The van der Waals surface area contributed by atoms with Gasteiger partial charge in [-0.2, -0.15) is 0 Å². The Morgan fingerprint density at radius 2 is 1.15 bits per heavy atom. The maximum Gasteiger partial charge on any atom is 0.249 e. The van der Waals surface area contributed by atoms with E-state index in [2.05, 4.69) is 0 Å². The summed E-state index contributed by atoms with van der Waals surface area (Å²) in [6, 6.07) is 15.4. The fourth-order valence-electron chi connectivity index (χ4n) is 3.58. The Morgan fingerprint density at radius 3 is 1.74 bits per heavy atom. The highest BCUT2D eigenvalue weighted by molar-refractivity contribution is 6.17. The summed E-state index contributed by atoms with van der Waals surface area (Å²) in [7, 11) is 0. The van der Waals surface area contributed by atoms with Crippen molar-refractivity contribution in [2.45, 2.75) is 0 Å². The molecule has 0 saturated heterocycles. The lowest BCUT2D eigenvalue weighted by molar-refractivity contribution is 0.0989. The zero-order valence-electron chi connectivity index (χ0n) is 14.2. The molecular formula is C21H15N3O3. The predicted molar refractivity (Wildman–Crippen MR) is 102 cm³/mol. The molecule has 0 atom stereocenters. The van der Waals surface area contributed by atoms with Gasteiger partial charge in [-0.05, 0) is 52.1 Å². The average molecular weight is 357 g/mol. The lowest BCUT2D eigenvalue weighted by Crippen LogP contribution is -2.18.